The minimum atomic E-state index is 0.0108. The summed E-state index contributed by atoms with van der Waals surface area (Å²) in [7, 11) is 0. The summed E-state index contributed by atoms with van der Waals surface area (Å²) in [5.41, 5.74) is 1.10. The molecule has 0 atom stereocenters. The van der Waals surface area contributed by atoms with E-state index in [9.17, 15) is 4.79 Å². The minimum absolute atomic E-state index is 0.0108. The lowest BCUT2D eigenvalue weighted by Crippen LogP contribution is -2.33. The van der Waals surface area contributed by atoms with Crippen molar-refractivity contribution in [2.24, 2.45) is 0 Å². The van der Waals surface area contributed by atoms with Crippen LogP contribution in [0.4, 0.5) is 0 Å². The largest absolute Gasteiger partial charge is 0.468 e. The second kappa shape index (κ2) is 5.44. The fourth-order valence-corrected chi connectivity index (χ4v) is 1.13. The van der Waals surface area contributed by atoms with E-state index >= 15 is 0 Å². The predicted molar refractivity (Wildman–Crippen MR) is 53.8 cm³/mol. The fraction of sp³-hybridized carbons (Fsp3) is 0.500. The van der Waals surface area contributed by atoms with Gasteiger partial charge in [-0.15, -0.1) is 0 Å². The van der Waals surface area contributed by atoms with Gasteiger partial charge in [-0.2, -0.15) is 0 Å². The molecular formula is C10H16N2O2. The summed E-state index contributed by atoms with van der Waals surface area (Å²) in [6.07, 6.45) is 1.65. The van der Waals surface area contributed by atoms with Crippen LogP contribution in [-0.2, 0) is 11.3 Å². The molecule has 14 heavy (non-hydrogen) atoms. The number of carbonyl (C=O) groups excluding carboxylic acids is 1. The van der Waals surface area contributed by atoms with Crippen LogP contribution >= 0.6 is 0 Å². The molecule has 1 amide bonds. The van der Waals surface area contributed by atoms with Crippen LogP contribution in [0.1, 0.15) is 18.2 Å². The number of aryl methyl sites for hydroxylation is 1. The lowest BCUT2D eigenvalue weighted by molar-refractivity contribution is -0.120. The first kappa shape index (κ1) is 10.8. The van der Waals surface area contributed by atoms with Crippen molar-refractivity contribution in [3.63, 3.8) is 0 Å². The maximum atomic E-state index is 11.1. The van der Waals surface area contributed by atoms with Crippen LogP contribution in [0.3, 0.4) is 0 Å². The molecule has 0 fully saturated rings. The number of hydrogen-bond acceptors (Lipinski definition) is 3. The van der Waals surface area contributed by atoms with Gasteiger partial charge in [0.2, 0.25) is 5.91 Å². The molecule has 78 valence electrons. The van der Waals surface area contributed by atoms with Crippen LogP contribution in [0.25, 0.3) is 0 Å². The third-order valence-electron chi connectivity index (χ3n) is 1.91. The Kier molecular flexibility index (Phi) is 4.19. The molecule has 4 heteroatoms. The quantitative estimate of drug-likeness (QED) is 0.733. The zero-order chi connectivity index (χ0) is 10.4. The van der Waals surface area contributed by atoms with E-state index in [0.717, 1.165) is 11.3 Å². The van der Waals surface area contributed by atoms with Gasteiger partial charge in [-0.1, -0.05) is 0 Å². The van der Waals surface area contributed by atoms with Crippen molar-refractivity contribution in [3.05, 3.63) is 23.7 Å². The summed E-state index contributed by atoms with van der Waals surface area (Å²) >= 11 is 0. The maximum absolute atomic E-state index is 11.1. The van der Waals surface area contributed by atoms with Gasteiger partial charge in [-0.3, -0.25) is 4.79 Å². The molecule has 4 nitrogen and oxygen atoms in total. The van der Waals surface area contributed by atoms with Gasteiger partial charge < -0.3 is 15.1 Å². The highest BCUT2D eigenvalue weighted by Gasteiger charge is 2.02. The SMILES string of the molecule is CCNC(=O)CNCc1occc1C. The molecule has 0 aliphatic rings. The Morgan fingerprint density at radius 2 is 2.36 bits per heavy atom. The summed E-state index contributed by atoms with van der Waals surface area (Å²) in [6, 6.07) is 1.91. The second-order valence-corrected chi connectivity index (χ2v) is 3.08. The Bertz CT molecular complexity index is 294. The Labute approximate surface area is 83.7 Å². The smallest absolute Gasteiger partial charge is 0.233 e. The molecule has 1 aromatic heterocycles. The summed E-state index contributed by atoms with van der Waals surface area (Å²) in [4.78, 5) is 11.1. The fourth-order valence-electron chi connectivity index (χ4n) is 1.13. The molecule has 2 N–H and O–H groups in total. The van der Waals surface area contributed by atoms with E-state index in [4.69, 9.17) is 4.42 Å². The molecule has 1 rings (SSSR count). The minimum Gasteiger partial charge on any atom is -0.468 e. The van der Waals surface area contributed by atoms with Crippen molar-refractivity contribution in [2.75, 3.05) is 13.1 Å². The normalized spacial score (nSPS) is 10.1. The van der Waals surface area contributed by atoms with Crippen LogP contribution in [0.2, 0.25) is 0 Å². The van der Waals surface area contributed by atoms with Gasteiger partial charge in [0, 0.05) is 6.54 Å². The van der Waals surface area contributed by atoms with Gasteiger partial charge in [-0.25, -0.2) is 0 Å². The Balaban J connectivity index is 2.22. The molecule has 1 aromatic rings. The summed E-state index contributed by atoms with van der Waals surface area (Å²) in [6.45, 7) is 5.46. The summed E-state index contributed by atoms with van der Waals surface area (Å²) in [5, 5.41) is 5.72. The number of nitrogens with one attached hydrogen (secondary N) is 2. The Hall–Kier alpha value is -1.29. The van der Waals surface area contributed by atoms with Crippen molar-refractivity contribution >= 4 is 5.91 Å². The van der Waals surface area contributed by atoms with E-state index in [0.29, 0.717) is 19.6 Å². The number of rotatable bonds is 5. The molecule has 0 aromatic carbocycles. The van der Waals surface area contributed by atoms with Crippen LogP contribution in [-0.4, -0.2) is 19.0 Å². The van der Waals surface area contributed by atoms with E-state index < -0.39 is 0 Å². The van der Waals surface area contributed by atoms with Crippen molar-refractivity contribution in [2.45, 2.75) is 20.4 Å². The number of amides is 1. The number of likely N-dealkylation sites (N-methyl/N-ethyl adjacent to an activating group) is 1. The topological polar surface area (TPSA) is 54.3 Å². The highest BCUT2D eigenvalue weighted by atomic mass is 16.3. The first-order valence-corrected chi connectivity index (χ1v) is 4.74. The second-order valence-electron chi connectivity index (χ2n) is 3.08. The molecule has 0 saturated heterocycles. The molecular weight excluding hydrogens is 180 g/mol. The first-order valence-electron chi connectivity index (χ1n) is 4.74. The van der Waals surface area contributed by atoms with Crippen molar-refractivity contribution in [1.29, 1.82) is 0 Å². The highest BCUT2D eigenvalue weighted by molar-refractivity contribution is 5.77. The molecule has 1 heterocycles. The van der Waals surface area contributed by atoms with E-state index in [2.05, 4.69) is 10.6 Å². The summed E-state index contributed by atoms with van der Waals surface area (Å²) in [5.74, 6) is 0.894. The standard InChI is InChI=1S/C10H16N2O2/c1-3-12-10(13)7-11-6-9-8(2)4-5-14-9/h4-5,11H,3,6-7H2,1-2H3,(H,12,13). The Morgan fingerprint density at radius 1 is 1.57 bits per heavy atom. The maximum Gasteiger partial charge on any atom is 0.233 e. The summed E-state index contributed by atoms with van der Waals surface area (Å²) < 4.78 is 5.21. The van der Waals surface area contributed by atoms with Gasteiger partial charge in [0.1, 0.15) is 5.76 Å². The molecule has 0 radical (unpaired) electrons. The highest BCUT2D eigenvalue weighted by Crippen LogP contribution is 2.07. The van der Waals surface area contributed by atoms with Gasteiger partial charge in [0.05, 0.1) is 19.4 Å². The lowest BCUT2D eigenvalue weighted by atomic mass is 10.3. The average Bonchev–Trinajstić information content (AvgIpc) is 2.52. The van der Waals surface area contributed by atoms with Crippen molar-refractivity contribution < 1.29 is 9.21 Å². The van der Waals surface area contributed by atoms with Gasteiger partial charge in [0.15, 0.2) is 0 Å². The molecule has 0 aliphatic heterocycles. The molecule has 0 unspecified atom stereocenters. The third-order valence-corrected chi connectivity index (χ3v) is 1.91. The molecule has 0 spiro atoms. The van der Waals surface area contributed by atoms with E-state index in [1.54, 1.807) is 6.26 Å². The van der Waals surface area contributed by atoms with Crippen molar-refractivity contribution in [1.82, 2.24) is 10.6 Å². The van der Waals surface area contributed by atoms with E-state index in [1.165, 1.54) is 0 Å². The van der Waals surface area contributed by atoms with Crippen LogP contribution < -0.4 is 10.6 Å². The van der Waals surface area contributed by atoms with Gasteiger partial charge in [0.25, 0.3) is 0 Å². The lowest BCUT2D eigenvalue weighted by Gasteiger charge is -2.03. The number of carbonyl (C=O) groups is 1. The monoisotopic (exact) mass is 196 g/mol. The van der Waals surface area contributed by atoms with E-state index in [1.807, 2.05) is 19.9 Å². The van der Waals surface area contributed by atoms with Gasteiger partial charge in [-0.05, 0) is 25.5 Å². The predicted octanol–water partition coefficient (Wildman–Crippen LogP) is 0.814. The number of hydrogen-bond donors (Lipinski definition) is 2. The zero-order valence-corrected chi connectivity index (χ0v) is 8.59. The average molecular weight is 196 g/mol. The molecule has 0 saturated carbocycles. The van der Waals surface area contributed by atoms with Crippen LogP contribution in [0.15, 0.2) is 16.7 Å². The van der Waals surface area contributed by atoms with E-state index in [-0.39, 0.29) is 5.91 Å². The number of furan rings is 1. The molecule has 0 bridgehead atoms. The van der Waals surface area contributed by atoms with Crippen molar-refractivity contribution in [3.8, 4) is 0 Å². The third kappa shape index (κ3) is 3.22. The zero-order valence-electron chi connectivity index (χ0n) is 8.59. The van der Waals surface area contributed by atoms with Crippen LogP contribution in [0, 0.1) is 6.92 Å². The van der Waals surface area contributed by atoms with Crippen LogP contribution in [0.5, 0.6) is 0 Å². The van der Waals surface area contributed by atoms with Gasteiger partial charge >= 0.3 is 0 Å². The Morgan fingerprint density at radius 3 is 2.93 bits per heavy atom. The first-order chi connectivity index (χ1) is 6.74. The molecule has 0 aliphatic carbocycles.